The number of halogens is 3. The summed E-state index contributed by atoms with van der Waals surface area (Å²) in [5.74, 6) is 0.346. The highest BCUT2D eigenvalue weighted by atomic mass is 32.2. The summed E-state index contributed by atoms with van der Waals surface area (Å²) in [4.78, 5) is 20.2. The largest absolute Gasteiger partial charge is 0.411 e. The Balaban J connectivity index is 1.23. The number of hydrogen-bond acceptors (Lipinski definition) is 7. The summed E-state index contributed by atoms with van der Waals surface area (Å²) in [6, 6.07) is 5.50. The summed E-state index contributed by atoms with van der Waals surface area (Å²) >= 11 is 1.24. The predicted molar refractivity (Wildman–Crippen MR) is 147 cm³/mol. The molecule has 2 aromatic rings. The summed E-state index contributed by atoms with van der Waals surface area (Å²) in [6.07, 6.45) is 3.93. The maximum Gasteiger partial charge on any atom is 0.411 e. The SMILES string of the molecule is COC(CN1CCC(SCOCC(F)(F)F)=C(N)C1)C1CCC(/C=N/C(=O)c2cccc3nn(C)cc23)CC1. The van der Waals surface area contributed by atoms with Gasteiger partial charge in [-0.1, -0.05) is 6.07 Å². The van der Waals surface area contributed by atoms with E-state index in [4.69, 9.17) is 15.2 Å². The number of hydrogen-bond donors (Lipinski definition) is 1. The van der Waals surface area contributed by atoms with Crippen LogP contribution in [0.5, 0.6) is 0 Å². The van der Waals surface area contributed by atoms with Gasteiger partial charge in [-0.05, 0) is 56.1 Å². The number of ether oxygens (including phenoxy) is 2. The number of nitrogens with two attached hydrogens (primary N) is 1. The molecular formula is C27H36F3N5O3S. The fraction of sp³-hybridized carbons (Fsp3) is 0.593. The van der Waals surface area contributed by atoms with E-state index in [9.17, 15) is 18.0 Å². The number of aromatic nitrogens is 2. The first kappa shape index (κ1) is 29.6. The number of benzene rings is 1. The topological polar surface area (TPSA) is 95.0 Å². The minimum atomic E-state index is -4.32. The molecule has 214 valence electrons. The molecule has 2 aliphatic rings. The van der Waals surface area contributed by atoms with Gasteiger partial charge in [0.05, 0.1) is 23.1 Å². The van der Waals surface area contributed by atoms with Crippen LogP contribution in [0.1, 0.15) is 42.5 Å². The van der Waals surface area contributed by atoms with Crippen molar-refractivity contribution in [3.05, 3.63) is 40.6 Å². The zero-order chi connectivity index (χ0) is 28.0. The Kier molecular flexibility index (Phi) is 10.1. The standard InChI is InChI=1S/C27H36F3N5O3S/c1-34-13-21-20(4-3-5-23(21)33-34)26(36)32-12-18-6-8-19(9-7-18)24(37-2)15-35-11-10-25(22(31)14-35)39-17-38-16-27(28,29)30/h3-5,12-13,18-19,24H,6-11,14-17,31H2,1-2H3/b32-12+. The van der Waals surface area contributed by atoms with E-state index in [1.807, 2.05) is 31.6 Å². The van der Waals surface area contributed by atoms with Gasteiger partial charge in [0.25, 0.3) is 5.91 Å². The molecule has 1 unspecified atom stereocenters. The number of thioether (sulfide) groups is 1. The molecule has 1 aromatic heterocycles. The lowest BCUT2D eigenvalue weighted by Crippen LogP contribution is -2.43. The number of amides is 1. The van der Waals surface area contributed by atoms with E-state index in [1.165, 1.54) is 11.8 Å². The number of aliphatic imine (C=N–C) groups is 1. The van der Waals surface area contributed by atoms with Crippen LogP contribution in [0, 0.1) is 11.8 Å². The fourth-order valence-electron chi connectivity index (χ4n) is 5.35. The number of carbonyl (C=O) groups is 1. The number of methoxy groups -OCH3 is 1. The molecule has 1 saturated carbocycles. The van der Waals surface area contributed by atoms with E-state index in [1.54, 1.807) is 17.9 Å². The van der Waals surface area contributed by atoms with Crippen molar-refractivity contribution in [3.8, 4) is 0 Å². The van der Waals surface area contributed by atoms with Gasteiger partial charge in [-0.2, -0.15) is 18.3 Å². The van der Waals surface area contributed by atoms with Crippen molar-refractivity contribution in [1.82, 2.24) is 14.7 Å². The van der Waals surface area contributed by atoms with Crippen molar-refractivity contribution in [2.75, 3.05) is 39.3 Å². The number of fused-ring (bicyclic) bond motifs is 1. The lowest BCUT2D eigenvalue weighted by atomic mass is 9.79. The third-order valence-corrected chi connectivity index (χ3v) is 8.47. The average Bonchev–Trinajstić information content (AvgIpc) is 3.29. The predicted octanol–water partition coefficient (Wildman–Crippen LogP) is 4.75. The van der Waals surface area contributed by atoms with Gasteiger partial charge in [0.2, 0.25) is 0 Å². The van der Waals surface area contributed by atoms with Gasteiger partial charge in [0.15, 0.2) is 0 Å². The van der Waals surface area contributed by atoms with Crippen LogP contribution in [0.4, 0.5) is 13.2 Å². The molecule has 8 nitrogen and oxygen atoms in total. The molecule has 2 N–H and O–H groups in total. The van der Waals surface area contributed by atoms with Gasteiger partial charge in [-0.3, -0.25) is 14.4 Å². The number of carbonyl (C=O) groups excluding carboxylic acids is 1. The number of aryl methyl sites for hydroxylation is 1. The lowest BCUT2D eigenvalue weighted by Gasteiger charge is -2.36. The molecule has 1 aliphatic heterocycles. The van der Waals surface area contributed by atoms with Crippen LogP contribution in [0.15, 0.2) is 40.0 Å². The fourth-order valence-corrected chi connectivity index (χ4v) is 6.14. The van der Waals surface area contributed by atoms with Crippen molar-refractivity contribution >= 4 is 34.8 Å². The maximum atomic E-state index is 12.8. The van der Waals surface area contributed by atoms with E-state index in [-0.39, 0.29) is 23.9 Å². The first-order chi connectivity index (χ1) is 18.6. The highest BCUT2D eigenvalue weighted by molar-refractivity contribution is 8.02. The molecule has 0 bridgehead atoms. The Hall–Kier alpha value is -2.41. The zero-order valence-electron chi connectivity index (χ0n) is 22.3. The molecule has 0 saturated heterocycles. The number of alkyl halides is 3. The second kappa shape index (κ2) is 13.3. The molecule has 2 heterocycles. The van der Waals surface area contributed by atoms with Crippen molar-refractivity contribution in [3.63, 3.8) is 0 Å². The van der Waals surface area contributed by atoms with E-state index < -0.39 is 12.8 Å². The van der Waals surface area contributed by atoms with Gasteiger partial charge in [-0.25, -0.2) is 4.99 Å². The highest BCUT2D eigenvalue weighted by Gasteiger charge is 2.30. The summed E-state index contributed by atoms with van der Waals surface area (Å²) in [7, 11) is 3.57. The van der Waals surface area contributed by atoms with Crippen LogP contribution in [0.3, 0.4) is 0 Å². The van der Waals surface area contributed by atoms with E-state index in [0.717, 1.165) is 54.6 Å². The summed E-state index contributed by atoms with van der Waals surface area (Å²) in [5, 5.41) is 5.17. The van der Waals surface area contributed by atoms with Crippen LogP contribution in [-0.4, -0.2) is 78.4 Å². The van der Waals surface area contributed by atoms with E-state index in [2.05, 4.69) is 15.0 Å². The quantitative estimate of drug-likeness (QED) is 0.252. The van der Waals surface area contributed by atoms with Crippen LogP contribution in [0.2, 0.25) is 0 Å². The van der Waals surface area contributed by atoms with Crippen LogP contribution in [-0.2, 0) is 16.5 Å². The van der Waals surface area contributed by atoms with Crippen LogP contribution >= 0.6 is 11.8 Å². The zero-order valence-corrected chi connectivity index (χ0v) is 23.1. The average molecular weight is 568 g/mol. The lowest BCUT2D eigenvalue weighted by molar-refractivity contribution is -0.168. The normalized spacial score (nSPS) is 22.2. The second-order valence-electron chi connectivity index (χ2n) is 10.2. The van der Waals surface area contributed by atoms with Crippen molar-refractivity contribution in [1.29, 1.82) is 0 Å². The molecule has 1 amide bonds. The van der Waals surface area contributed by atoms with Crippen LogP contribution in [0.25, 0.3) is 10.9 Å². The molecule has 0 radical (unpaired) electrons. The minimum absolute atomic E-state index is 0.0600. The smallest absolute Gasteiger partial charge is 0.400 e. The molecule has 1 aliphatic carbocycles. The van der Waals surface area contributed by atoms with Gasteiger partial charge >= 0.3 is 6.18 Å². The molecule has 39 heavy (non-hydrogen) atoms. The molecule has 1 atom stereocenters. The molecule has 1 aromatic carbocycles. The first-order valence-electron chi connectivity index (χ1n) is 13.1. The molecular weight excluding hydrogens is 531 g/mol. The number of rotatable bonds is 10. The molecule has 1 fully saturated rings. The Labute approximate surface area is 230 Å². The third-order valence-electron chi connectivity index (χ3n) is 7.37. The third kappa shape index (κ3) is 8.29. The van der Waals surface area contributed by atoms with E-state index in [0.29, 0.717) is 30.1 Å². The van der Waals surface area contributed by atoms with Gasteiger partial charge in [-0.15, -0.1) is 11.8 Å². The van der Waals surface area contributed by atoms with Crippen molar-refractivity contribution in [2.24, 2.45) is 29.6 Å². The molecule has 12 heteroatoms. The van der Waals surface area contributed by atoms with Gasteiger partial charge < -0.3 is 15.2 Å². The summed E-state index contributed by atoms with van der Waals surface area (Å²) < 4.78 is 49.0. The molecule has 0 spiro atoms. The minimum Gasteiger partial charge on any atom is -0.400 e. The summed E-state index contributed by atoms with van der Waals surface area (Å²) in [6.45, 7) is 0.836. The highest BCUT2D eigenvalue weighted by Crippen LogP contribution is 2.33. The number of nitrogens with zero attached hydrogens (tertiary/aromatic N) is 4. The molecule has 4 rings (SSSR count). The van der Waals surface area contributed by atoms with Crippen molar-refractivity contribution < 1.29 is 27.4 Å². The first-order valence-corrected chi connectivity index (χ1v) is 14.1. The Morgan fingerprint density at radius 3 is 2.77 bits per heavy atom. The van der Waals surface area contributed by atoms with Gasteiger partial charge in [0.1, 0.15) is 6.61 Å². The van der Waals surface area contributed by atoms with Gasteiger partial charge in [0, 0.05) is 62.2 Å². The van der Waals surface area contributed by atoms with Crippen molar-refractivity contribution in [2.45, 2.75) is 44.4 Å². The van der Waals surface area contributed by atoms with E-state index >= 15 is 0 Å². The Bertz CT molecular complexity index is 1190. The Morgan fingerprint density at radius 2 is 2.08 bits per heavy atom. The van der Waals surface area contributed by atoms with Crippen LogP contribution < -0.4 is 5.73 Å². The Morgan fingerprint density at radius 1 is 1.31 bits per heavy atom. The monoisotopic (exact) mass is 567 g/mol. The summed E-state index contributed by atoms with van der Waals surface area (Å²) in [5.41, 5.74) is 8.26. The maximum absolute atomic E-state index is 12.8. The second-order valence-corrected chi connectivity index (χ2v) is 11.3.